The molecule has 0 unspecified atom stereocenters. The van der Waals surface area contributed by atoms with Gasteiger partial charge in [0.05, 0.1) is 57.7 Å². The highest BCUT2D eigenvalue weighted by molar-refractivity contribution is 6.31. The number of halogens is 1. The topological polar surface area (TPSA) is 178 Å². The fraction of sp³-hybridized carbons (Fsp3) is 0.451. The maximum Gasteiger partial charge on any atom is 0.227 e. The van der Waals surface area contributed by atoms with Crippen LogP contribution in [0, 0.1) is 34.6 Å². The van der Waals surface area contributed by atoms with Crippen molar-refractivity contribution in [1.82, 2.24) is 34.7 Å². The maximum absolute atomic E-state index is 13.2. The Morgan fingerprint density at radius 2 is 1.17 bits per heavy atom. The summed E-state index contributed by atoms with van der Waals surface area (Å²) >= 11 is 6.46. The lowest BCUT2D eigenvalue weighted by molar-refractivity contribution is -0.119. The first-order valence-corrected chi connectivity index (χ1v) is 23.8. The highest BCUT2D eigenvalue weighted by Crippen LogP contribution is 2.44. The van der Waals surface area contributed by atoms with E-state index in [9.17, 15) is 19.8 Å². The molecule has 66 heavy (non-hydrogen) atoms. The average molecular weight is 914 g/mol. The second kappa shape index (κ2) is 17.8. The van der Waals surface area contributed by atoms with E-state index in [1.165, 1.54) is 0 Å². The fourth-order valence-electron chi connectivity index (χ4n) is 11.0. The number of hydrogen-bond acceptors (Lipinski definition) is 10. The molecule has 4 aliphatic rings. The van der Waals surface area contributed by atoms with Crippen LogP contribution in [0.15, 0.2) is 63.6 Å². The fourth-order valence-corrected chi connectivity index (χ4v) is 11.2. The zero-order chi connectivity index (χ0) is 46.0. The van der Waals surface area contributed by atoms with Crippen molar-refractivity contribution in [3.05, 3.63) is 99.7 Å². The molecule has 4 aromatic heterocycles. The molecule has 0 spiro atoms. The summed E-state index contributed by atoms with van der Waals surface area (Å²) in [5.74, 6) is 3.58. The van der Waals surface area contributed by atoms with Gasteiger partial charge in [-0.3, -0.25) is 9.59 Å². The summed E-state index contributed by atoms with van der Waals surface area (Å²) in [4.78, 5) is 37.1. The summed E-state index contributed by atoms with van der Waals surface area (Å²) in [6, 6.07) is 18.7. The number of aromatic nitrogens is 6. The molecule has 2 saturated carbocycles. The zero-order valence-corrected chi connectivity index (χ0v) is 38.9. The van der Waals surface area contributed by atoms with Crippen LogP contribution in [0.4, 0.5) is 5.69 Å². The van der Waals surface area contributed by atoms with Crippen molar-refractivity contribution in [2.45, 2.75) is 148 Å². The van der Waals surface area contributed by atoms with Crippen LogP contribution in [-0.4, -0.2) is 63.7 Å². The molecule has 3 aromatic carbocycles. The molecule has 2 saturated heterocycles. The van der Waals surface area contributed by atoms with Crippen molar-refractivity contribution in [2.24, 2.45) is 0 Å². The molecule has 4 fully saturated rings. The van der Waals surface area contributed by atoms with Gasteiger partial charge in [-0.2, -0.15) is 0 Å². The number of nitrogens with zero attached hydrogens (tertiary/aromatic N) is 7. The van der Waals surface area contributed by atoms with E-state index < -0.39 is 0 Å². The van der Waals surface area contributed by atoms with Crippen molar-refractivity contribution in [3.63, 3.8) is 0 Å². The Balaban J connectivity index is 0.000000160. The minimum Gasteiger partial charge on any atom is -0.393 e. The molecule has 2 amide bonds. The van der Waals surface area contributed by atoms with Gasteiger partial charge in [0.15, 0.2) is 0 Å². The van der Waals surface area contributed by atoms with E-state index in [1.54, 1.807) is 0 Å². The van der Waals surface area contributed by atoms with E-state index in [4.69, 9.17) is 30.6 Å². The number of benzene rings is 3. The second-order valence-electron chi connectivity index (χ2n) is 18.8. The van der Waals surface area contributed by atoms with Gasteiger partial charge in [-0.05, 0) is 152 Å². The number of aliphatic hydroxyl groups is 2. The predicted molar refractivity (Wildman–Crippen MR) is 252 cm³/mol. The molecule has 0 radical (unpaired) electrons. The number of aliphatic hydroxyl groups excluding tert-OH is 2. The van der Waals surface area contributed by atoms with E-state index >= 15 is 0 Å². The van der Waals surface area contributed by atoms with Crippen LogP contribution in [0.1, 0.15) is 141 Å². The second-order valence-corrected chi connectivity index (χ2v) is 19.2. The number of aryl methyl sites for hydroxylation is 5. The first-order valence-electron chi connectivity index (χ1n) is 23.5. The lowest BCUT2D eigenvalue weighted by atomic mass is 9.92. The number of hydrogen-bond donors (Lipinski definition) is 3. The lowest BCUT2D eigenvalue weighted by Crippen LogP contribution is -2.31. The van der Waals surface area contributed by atoms with Gasteiger partial charge >= 0.3 is 0 Å². The van der Waals surface area contributed by atoms with Crippen molar-refractivity contribution in [2.75, 3.05) is 4.90 Å². The predicted octanol–water partition coefficient (Wildman–Crippen LogP) is 10.3. The quantitative estimate of drug-likeness (QED) is 0.139. The van der Waals surface area contributed by atoms with E-state index in [-0.39, 0.29) is 42.1 Å². The smallest absolute Gasteiger partial charge is 0.227 e. The van der Waals surface area contributed by atoms with Crippen LogP contribution in [-0.2, 0) is 9.59 Å². The van der Waals surface area contributed by atoms with Crippen LogP contribution in [0.2, 0.25) is 5.02 Å². The van der Waals surface area contributed by atoms with Crippen LogP contribution < -0.4 is 10.2 Å². The van der Waals surface area contributed by atoms with Gasteiger partial charge < -0.3 is 38.6 Å². The van der Waals surface area contributed by atoms with Gasteiger partial charge in [0.25, 0.3) is 0 Å². The number of anilines is 1. The first kappa shape index (κ1) is 44.0. The SMILES string of the molecule is Cc1ccc(N2C(=O)CC[C@H]2c2nc3cc(-c4c(C)noc4C)ccc3n2C2CCC(O)CC2)cc1Cl.Cc1noc(C)c1-c1ccc2c(c1)nc([C@@H]1CCC(=O)N1)n2C1CCC(O)CC1. The Labute approximate surface area is 388 Å². The molecule has 3 N–H and O–H groups in total. The molecule has 2 aliphatic carbocycles. The van der Waals surface area contributed by atoms with Gasteiger partial charge in [-0.1, -0.05) is 40.1 Å². The molecular weight excluding hydrogens is 856 g/mol. The van der Waals surface area contributed by atoms with Gasteiger partial charge in [-0.25, -0.2) is 9.97 Å². The van der Waals surface area contributed by atoms with Gasteiger partial charge in [0, 0.05) is 46.8 Å². The Morgan fingerprint density at radius 1 is 0.636 bits per heavy atom. The minimum absolute atomic E-state index is 0.0516. The molecule has 11 rings (SSSR count). The number of nitrogens with one attached hydrogen (secondary N) is 1. The number of amides is 2. The molecule has 6 heterocycles. The number of fused-ring (bicyclic) bond motifs is 2. The monoisotopic (exact) mass is 912 g/mol. The third-order valence-corrected chi connectivity index (χ3v) is 14.8. The van der Waals surface area contributed by atoms with Crippen molar-refractivity contribution >= 4 is 51.2 Å². The van der Waals surface area contributed by atoms with Gasteiger partial charge in [0.2, 0.25) is 11.8 Å². The van der Waals surface area contributed by atoms with Gasteiger partial charge in [0.1, 0.15) is 23.2 Å². The Morgan fingerprint density at radius 3 is 1.65 bits per heavy atom. The largest absolute Gasteiger partial charge is 0.393 e. The van der Waals surface area contributed by atoms with Crippen molar-refractivity contribution in [1.29, 1.82) is 0 Å². The highest BCUT2D eigenvalue weighted by atomic mass is 35.5. The van der Waals surface area contributed by atoms with Crippen LogP contribution in [0.5, 0.6) is 0 Å². The lowest BCUT2D eigenvalue weighted by Gasteiger charge is -2.31. The average Bonchev–Trinajstić information content (AvgIpc) is 4.17. The molecular formula is C51H57ClN8O6. The Hall–Kier alpha value is -5.83. The van der Waals surface area contributed by atoms with E-state index in [2.05, 4.69) is 61.2 Å². The van der Waals surface area contributed by atoms with E-state index in [0.29, 0.717) is 30.3 Å². The van der Waals surface area contributed by atoms with Crippen molar-refractivity contribution < 1.29 is 28.8 Å². The van der Waals surface area contributed by atoms with Crippen LogP contribution in [0.25, 0.3) is 44.3 Å². The number of carbonyl (C=O) groups is 2. The number of rotatable bonds is 7. The van der Waals surface area contributed by atoms with Crippen molar-refractivity contribution in [3.8, 4) is 22.3 Å². The normalized spacial score (nSPS) is 23.5. The molecule has 344 valence electrons. The van der Waals surface area contributed by atoms with Gasteiger partial charge in [-0.15, -0.1) is 0 Å². The van der Waals surface area contributed by atoms with Crippen LogP contribution in [0.3, 0.4) is 0 Å². The van der Waals surface area contributed by atoms with E-state index in [0.717, 1.165) is 148 Å². The molecule has 14 nitrogen and oxygen atoms in total. The number of carbonyl (C=O) groups excluding carboxylic acids is 2. The summed E-state index contributed by atoms with van der Waals surface area (Å²) in [5.41, 5.74) is 11.5. The third-order valence-electron chi connectivity index (χ3n) is 14.4. The molecule has 15 heteroatoms. The highest BCUT2D eigenvalue weighted by Gasteiger charge is 2.39. The summed E-state index contributed by atoms with van der Waals surface area (Å²) in [7, 11) is 0. The standard InChI is InChI=1S/C29H31ClN4O3.C22H26N4O3/c1-16-4-6-21(15-23(16)30)33-26(12-13-27(33)36)29-31-24-14-19(28-17(2)32-37-18(28)3)5-11-25(24)34(29)20-7-9-22(35)10-8-20;1-12-21(13(2)29-25-12)14-3-9-19-18(11-14)24-22(17-8-10-20(28)23-17)26(19)15-4-6-16(27)7-5-15/h4-6,11,14-15,20,22,26,35H,7-10,12-13H2,1-3H3;3,9,11,15-17,27H,4-8,10H2,1-2H3,(H,23,28)/t20?,22?,26-;15?,16?,17-/m00/s1. The summed E-state index contributed by atoms with van der Waals surface area (Å²) in [6.45, 7) is 9.70. The third kappa shape index (κ3) is 8.10. The minimum atomic E-state index is -0.250. The summed E-state index contributed by atoms with van der Waals surface area (Å²) in [5, 5.41) is 32.1. The van der Waals surface area contributed by atoms with Crippen LogP contribution >= 0.6 is 11.6 Å². The zero-order valence-electron chi connectivity index (χ0n) is 38.2. The maximum atomic E-state index is 13.2. The summed E-state index contributed by atoms with van der Waals surface area (Å²) in [6.07, 6.45) is 8.76. The first-order chi connectivity index (χ1) is 31.8. The molecule has 2 atom stereocenters. The summed E-state index contributed by atoms with van der Waals surface area (Å²) < 4.78 is 15.4. The molecule has 0 bridgehead atoms. The molecule has 2 aliphatic heterocycles. The van der Waals surface area contributed by atoms with E-state index in [1.807, 2.05) is 57.7 Å². The molecule has 7 aromatic rings. The Bertz CT molecular complexity index is 2930. The number of imidazole rings is 2. The Kier molecular flexibility index (Phi) is 11.8.